The number of carbonyl (C=O) groups excluding carboxylic acids is 1. The number of hydrogen-bond donors (Lipinski definition) is 1. The maximum absolute atomic E-state index is 12.7. The summed E-state index contributed by atoms with van der Waals surface area (Å²) in [5.74, 6) is 0.944. The van der Waals surface area contributed by atoms with Crippen molar-refractivity contribution in [2.75, 3.05) is 18.6 Å². The lowest BCUT2D eigenvalue weighted by Crippen LogP contribution is -2.49. The third kappa shape index (κ3) is 2.66. The fourth-order valence-corrected chi connectivity index (χ4v) is 2.68. The number of hydrogen-bond acceptors (Lipinski definition) is 3. The van der Waals surface area contributed by atoms with Crippen LogP contribution >= 0.6 is 0 Å². The molecule has 1 aliphatic heterocycles. The molecule has 2 rings (SSSR count). The van der Waals surface area contributed by atoms with E-state index in [0.29, 0.717) is 0 Å². The van der Waals surface area contributed by atoms with Crippen molar-refractivity contribution in [2.24, 2.45) is 11.7 Å². The summed E-state index contributed by atoms with van der Waals surface area (Å²) in [7, 11) is 1.64. The molecular formula is C16H24N2O2. The summed E-state index contributed by atoms with van der Waals surface area (Å²) >= 11 is 0. The van der Waals surface area contributed by atoms with Crippen LogP contribution in [0.1, 0.15) is 32.3 Å². The number of methoxy groups -OCH3 is 1. The molecule has 1 amide bonds. The smallest absolute Gasteiger partial charge is 0.244 e. The lowest BCUT2D eigenvalue weighted by Gasteiger charge is -2.33. The Morgan fingerprint density at radius 3 is 2.90 bits per heavy atom. The molecule has 4 nitrogen and oxygen atoms in total. The second-order valence-corrected chi connectivity index (χ2v) is 5.47. The number of benzene rings is 1. The van der Waals surface area contributed by atoms with Gasteiger partial charge < -0.3 is 15.4 Å². The number of carbonyl (C=O) groups is 1. The summed E-state index contributed by atoms with van der Waals surface area (Å²) in [6.07, 6.45) is 2.85. The maximum Gasteiger partial charge on any atom is 0.244 e. The summed E-state index contributed by atoms with van der Waals surface area (Å²) in [6, 6.07) is 5.49. The first kappa shape index (κ1) is 14.9. The van der Waals surface area contributed by atoms with Crippen LogP contribution in [0.2, 0.25) is 0 Å². The van der Waals surface area contributed by atoms with E-state index >= 15 is 0 Å². The van der Waals surface area contributed by atoms with Gasteiger partial charge in [-0.3, -0.25) is 4.79 Å². The zero-order valence-electron chi connectivity index (χ0n) is 12.6. The third-order valence-corrected chi connectivity index (χ3v) is 4.21. The number of aryl methyl sites for hydroxylation is 1. The third-order valence-electron chi connectivity index (χ3n) is 4.21. The first-order valence-electron chi connectivity index (χ1n) is 7.33. The number of para-hydroxylation sites is 1. The Kier molecular flexibility index (Phi) is 4.65. The van der Waals surface area contributed by atoms with Crippen molar-refractivity contribution in [2.45, 2.75) is 39.2 Å². The lowest BCUT2D eigenvalue weighted by atomic mass is 9.95. The first-order chi connectivity index (χ1) is 9.60. The summed E-state index contributed by atoms with van der Waals surface area (Å²) in [5, 5.41) is 0. The van der Waals surface area contributed by atoms with Gasteiger partial charge in [0, 0.05) is 6.54 Å². The Hall–Kier alpha value is -1.55. The standard InChI is InChI=1S/C16H24N2O2/c1-4-11(2)14(17)16(19)18-10-6-8-12-7-5-9-13(20-3)15(12)18/h5,7,9,11,14H,4,6,8,10,17H2,1-3H3. The van der Waals surface area contributed by atoms with Crippen LogP contribution in [0, 0.1) is 5.92 Å². The van der Waals surface area contributed by atoms with Crippen LogP contribution in [-0.4, -0.2) is 25.6 Å². The Morgan fingerprint density at radius 1 is 1.50 bits per heavy atom. The van der Waals surface area contributed by atoms with E-state index in [1.165, 1.54) is 5.56 Å². The van der Waals surface area contributed by atoms with Gasteiger partial charge in [-0.2, -0.15) is 0 Å². The highest BCUT2D eigenvalue weighted by atomic mass is 16.5. The van der Waals surface area contributed by atoms with Gasteiger partial charge in [-0.15, -0.1) is 0 Å². The second kappa shape index (κ2) is 6.27. The van der Waals surface area contributed by atoms with Crippen LogP contribution in [0.15, 0.2) is 18.2 Å². The van der Waals surface area contributed by atoms with Crippen LogP contribution in [0.5, 0.6) is 5.75 Å². The van der Waals surface area contributed by atoms with Crippen LogP contribution in [0.25, 0.3) is 0 Å². The zero-order chi connectivity index (χ0) is 14.7. The molecule has 2 unspecified atom stereocenters. The van der Waals surface area contributed by atoms with E-state index in [-0.39, 0.29) is 11.8 Å². The molecule has 0 aliphatic carbocycles. The van der Waals surface area contributed by atoms with Gasteiger partial charge in [0.25, 0.3) is 0 Å². The summed E-state index contributed by atoms with van der Waals surface area (Å²) < 4.78 is 5.42. The molecule has 110 valence electrons. The highest BCUT2D eigenvalue weighted by Crippen LogP contribution is 2.36. The van der Waals surface area contributed by atoms with Crippen molar-refractivity contribution in [1.82, 2.24) is 0 Å². The normalized spacial score (nSPS) is 17.3. The van der Waals surface area contributed by atoms with Crippen LogP contribution in [0.4, 0.5) is 5.69 Å². The molecule has 20 heavy (non-hydrogen) atoms. The highest BCUT2D eigenvalue weighted by Gasteiger charge is 2.30. The molecule has 1 heterocycles. The number of anilines is 1. The molecule has 0 aromatic heterocycles. The Balaban J connectivity index is 2.34. The fourth-order valence-electron chi connectivity index (χ4n) is 2.68. The molecule has 1 aliphatic rings. The monoisotopic (exact) mass is 276 g/mol. The number of amides is 1. The molecule has 4 heteroatoms. The van der Waals surface area contributed by atoms with Gasteiger partial charge in [0.05, 0.1) is 18.8 Å². The van der Waals surface area contributed by atoms with Crippen molar-refractivity contribution in [3.05, 3.63) is 23.8 Å². The van der Waals surface area contributed by atoms with Crippen molar-refractivity contribution in [3.63, 3.8) is 0 Å². The second-order valence-electron chi connectivity index (χ2n) is 5.47. The van der Waals surface area contributed by atoms with Crippen molar-refractivity contribution in [3.8, 4) is 5.75 Å². The molecule has 0 saturated heterocycles. The van der Waals surface area contributed by atoms with E-state index in [9.17, 15) is 4.79 Å². The average molecular weight is 276 g/mol. The predicted molar refractivity (Wildman–Crippen MR) is 81.1 cm³/mol. The number of nitrogens with two attached hydrogens (primary N) is 1. The zero-order valence-corrected chi connectivity index (χ0v) is 12.6. The topological polar surface area (TPSA) is 55.6 Å². The Labute approximate surface area is 120 Å². The van der Waals surface area contributed by atoms with Gasteiger partial charge in [-0.05, 0) is 30.4 Å². The minimum atomic E-state index is -0.448. The van der Waals surface area contributed by atoms with E-state index in [2.05, 4.69) is 13.0 Å². The fraction of sp³-hybridized carbons (Fsp3) is 0.562. The molecule has 2 N–H and O–H groups in total. The minimum absolute atomic E-state index is 0.00444. The molecule has 1 aromatic carbocycles. The lowest BCUT2D eigenvalue weighted by molar-refractivity contribution is -0.121. The van der Waals surface area contributed by atoms with Crippen molar-refractivity contribution in [1.29, 1.82) is 0 Å². The molecule has 0 radical (unpaired) electrons. The molecule has 0 bridgehead atoms. The number of fused-ring (bicyclic) bond motifs is 1. The molecular weight excluding hydrogens is 252 g/mol. The van der Waals surface area contributed by atoms with Crippen LogP contribution < -0.4 is 15.4 Å². The van der Waals surface area contributed by atoms with Crippen molar-refractivity contribution >= 4 is 11.6 Å². The van der Waals surface area contributed by atoms with Gasteiger partial charge in [0.2, 0.25) is 5.91 Å². The van der Waals surface area contributed by atoms with Crippen LogP contribution in [0.3, 0.4) is 0 Å². The van der Waals surface area contributed by atoms with Gasteiger partial charge >= 0.3 is 0 Å². The average Bonchev–Trinajstić information content (AvgIpc) is 2.51. The molecule has 1 aromatic rings. The first-order valence-corrected chi connectivity index (χ1v) is 7.33. The van der Waals surface area contributed by atoms with Crippen molar-refractivity contribution < 1.29 is 9.53 Å². The van der Waals surface area contributed by atoms with E-state index < -0.39 is 6.04 Å². The van der Waals surface area contributed by atoms with Gasteiger partial charge in [-0.25, -0.2) is 0 Å². The minimum Gasteiger partial charge on any atom is -0.495 e. The Morgan fingerprint density at radius 2 is 2.25 bits per heavy atom. The largest absolute Gasteiger partial charge is 0.495 e. The maximum atomic E-state index is 12.7. The number of nitrogens with zero attached hydrogens (tertiary/aromatic N) is 1. The summed E-state index contributed by atoms with van der Waals surface area (Å²) in [5.41, 5.74) is 8.19. The number of ether oxygens (including phenoxy) is 1. The number of rotatable bonds is 4. The molecule has 2 atom stereocenters. The van der Waals surface area contributed by atoms with Gasteiger partial charge in [0.15, 0.2) is 0 Å². The van der Waals surface area contributed by atoms with E-state index in [1.807, 2.05) is 24.0 Å². The predicted octanol–water partition coefficient (Wildman–Crippen LogP) is 2.35. The van der Waals surface area contributed by atoms with E-state index in [1.54, 1.807) is 7.11 Å². The van der Waals surface area contributed by atoms with E-state index in [0.717, 1.165) is 37.2 Å². The quantitative estimate of drug-likeness (QED) is 0.918. The Bertz CT molecular complexity index is 473. The van der Waals surface area contributed by atoms with E-state index in [4.69, 9.17) is 10.5 Å². The van der Waals surface area contributed by atoms with Gasteiger partial charge in [-0.1, -0.05) is 32.4 Å². The van der Waals surface area contributed by atoms with Gasteiger partial charge in [0.1, 0.15) is 5.75 Å². The summed E-state index contributed by atoms with van der Waals surface area (Å²) in [6.45, 7) is 4.80. The molecule has 0 fully saturated rings. The highest BCUT2D eigenvalue weighted by molar-refractivity contribution is 5.99. The summed E-state index contributed by atoms with van der Waals surface area (Å²) in [4.78, 5) is 14.5. The molecule has 0 spiro atoms. The molecule has 0 saturated carbocycles. The SMILES string of the molecule is CCC(C)C(N)C(=O)N1CCCc2cccc(OC)c21. The van der Waals surface area contributed by atoms with Crippen LogP contribution in [-0.2, 0) is 11.2 Å².